The lowest BCUT2D eigenvalue weighted by Crippen LogP contribution is -2.28. The molecule has 0 unspecified atom stereocenters. The van der Waals surface area contributed by atoms with Gasteiger partial charge in [0.1, 0.15) is 11.8 Å². The van der Waals surface area contributed by atoms with Gasteiger partial charge in [-0.25, -0.2) is 0 Å². The Bertz CT molecular complexity index is 757. The number of nitrogens with zero attached hydrogens (tertiary/aromatic N) is 2. The van der Waals surface area contributed by atoms with E-state index in [0.717, 1.165) is 5.56 Å². The van der Waals surface area contributed by atoms with Crippen LogP contribution < -0.4 is 10.1 Å². The van der Waals surface area contributed by atoms with E-state index in [1.54, 1.807) is 42.5 Å². The minimum Gasteiger partial charge on any atom is -0.482 e. The molecule has 5 nitrogen and oxygen atoms in total. The van der Waals surface area contributed by atoms with E-state index >= 15 is 0 Å². The lowest BCUT2D eigenvalue weighted by molar-refractivity contribution is -0.123. The molecule has 0 fully saturated rings. The molecule has 0 aliphatic heterocycles. The van der Waals surface area contributed by atoms with Crippen molar-refractivity contribution >= 4 is 5.91 Å². The zero-order chi connectivity index (χ0) is 15.8. The minimum atomic E-state index is -0.296. The molecule has 108 valence electrons. The van der Waals surface area contributed by atoms with Crippen LogP contribution >= 0.6 is 0 Å². The van der Waals surface area contributed by atoms with Crippen molar-refractivity contribution < 1.29 is 9.53 Å². The van der Waals surface area contributed by atoms with Gasteiger partial charge in [0.15, 0.2) is 6.61 Å². The predicted octanol–water partition coefficient (Wildman–Crippen LogP) is 2.13. The van der Waals surface area contributed by atoms with Crippen molar-refractivity contribution in [3.63, 3.8) is 0 Å². The van der Waals surface area contributed by atoms with Crippen LogP contribution in [0.2, 0.25) is 0 Å². The summed E-state index contributed by atoms with van der Waals surface area (Å²) >= 11 is 0. The fourth-order valence-electron chi connectivity index (χ4n) is 1.83. The van der Waals surface area contributed by atoms with E-state index in [2.05, 4.69) is 5.32 Å². The molecule has 0 aliphatic rings. The first-order valence-corrected chi connectivity index (χ1v) is 6.60. The van der Waals surface area contributed by atoms with Crippen LogP contribution in [0.3, 0.4) is 0 Å². The molecule has 0 saturated heterocycles. The SMILES string of the molecule is N#Cc1cccc(CNC(=O)COc2ccccc2C#N)c1. The van der Waals surface area contributed by atoms with Gasteiger partial charge in [-0.2, -0.15) is 10.5 Å². The second-order valence-electron chi connectivity index (χ2n) is 4.49. The Morgan fingerprint density at radius 1 is 1.09 bits per heavy atom. The first-order chi connectivity index (χ1) is 10.7. The molecule has 0 spiro atoms. The second-order valence-corrected chi connectivity index (χ2v) is 4.49. The highest BCUT2D eigenvalue weighted by Gasteiger charge is 2.06. The topological polar surface area (TPSA) is 85.9 Å². The summed E-state index contributed by atoms with van der Waals surface area (Å²) in [6, 6.07) is 17.8. The zero-order valence-corrected chi connectivity index (χ0v) is 11.7. The van der Waals surface area contributed by atoms with Gasteiger partial charge in [-0.15, -0.1) is 0 Å². The Balaban J connectivity index is 1.86. The lowest BCUT2D eigenvalue weighted by Gasteiger charge is -2.08. The van der Waals surface area contributed by atoms with Crippen molar-refractivity contribution in [2.24, 2.45) is 0 Å². The third-order valence-corrected chi connectivity index (χ3v) is 2.91. The summed E-state index contributed by atoms with van der Waals surface area (Å²) in [7, 11) is 0. The molecule has 2 rings (SSSR count). The molecule has 0 aromatic heterocycles. The van der Waals surface area contributed by atoms with Gasteiger partial charge in [0.25, 0.3) is 5.91 Å². The number of benzene rings is 2. The summed E-state index contributed by atoms with van der Waals surface area (Å²) in [5, 5.41) is 20.4. The lowest BCUT2D eigenvalue weighted by atomic mass is 10.1. The molecular formula is C17H13N3O2. The summed E-state index contributed by atoms with van der Waals surface area (Å²) in [6.07, 6.45) is 0. The van der Waals surface area contributed by atoms with E-state index in [1.807, 2.05) is 18.2 Å². The largest absolute Gasteiger partial charge is 0.482 e. The Labute approximate surface area is 128 Å². The van der Waals surface area contributed by atoms with Gasteiger partial charge in [-0.1, -0.05) is 24.3 Å². The van der Waals surface area contributed by atoms with Crippen molar-refractivity contribution in [3.05, 3.63) is 65.2 Å². The number of ether oxygens (including phenoxy) is 1. The summed E-state index contributed by atoms with van der Waals surface area (Å²) in [5.41, 5.74) is 1.77. The maximum Gasteiger partial charge on any atom is 0.258 e. The van der Waals surface area contributed by atoms with Crippen LogP contribution in [0.25, 0.3) is 0 Å². The number of hydrogen-bond acceptors (Lipinski definition) is 4. The molecule has 0 saturated carbocycles. The van der Waals surface area contributed by atoms with Crippen LogP contribution in [-0.2, 0) is 11.3 Å². The van der Waals surface area contributed by atoms with E-state index in [9.17, 15) is 4.79 Å². The summed E-state index contributed by atoms with van der Waals surface area (Å²) < 4.78 is 5.34. The average molecular weight is 291 g/mol. The number of nitriles is 2. The monoisotopic (exact) mass is 291 g/mol. The molecule has 5 heteroatoms. The standard InChI is InChI=1S/C17H13N3O2/c18-9-13-4-3-5-14(8-13)11-20-17(21)12-22-16-7-2-1-6-15(16)10-19/h1-8H,11-12H2,(H,20,21). The summed E-state index contributed by atoms with van der Waals surface area (Å²) in [4.78, 5) is 11.8. The van der Waals surface area contributed by atoms with Crippen molar-refractivity contribution in [2.75, 3.05) is 6.61 Å². The Hall–Kier alpha value is -3.31. The predicted molar refractivity (Wildman–Crippen MR) is 79.7 cm³/mol. The highest BCUT2D eigenvalue weighted by molar-refractivity contribution is 5.77. The van der Waals surface area contributed by atoms with Gasteiger partial charge in [0.05, 0.1) is 17.2 Å². The molecule has 0 atom stereocenters. The maximum absolute atomic E-state index is 11.8. The van der Waals surface area contributed by atoms with Crippen LogP contribution in [0, 0.1) is 22.7 Å². The Kier molecular flexibility index (Phi) is 5.12. The maximum atomic E-state index is 11.8. The average Bonchev–Trinajstić information content (AvgIpc) is 2.58. The zero-order valence-electron chi connectivity index (χ0n) is 11.7. The molecule has 2 aromatic rings. The number of carbonyl (C=O) groups excluding carboxylic acids is 1. The fourth-order valence-corrected chi connectivity index (χ4v) is 1.83. The fraction of sp³-hybridized carbons (Fsp3) is 0.118. The molecule has 0 aliphatic carbocycles. The highest BCUT2D eigenvalue weighted by Crippen LogP contribution is 2.16. The smallest absolute Gasteiger partial charge is 0.258 e. The van der Waals surface area contributed by atoms with Gasteiger partial charge >= 0.3 is 0 Å². The van der Waals surface area contributed by atoms with Gasteiger partial charge in [0.2, 0.25) is 0 Å². The molecule has 22 heavy (non-hydrogen) atoms. The Morgan fingerprint density at radius 3 is 2.68 bits per heavy atom. The number of hydrogen-bond donors (Lipinski definition) is 1. The van der Waals surface area contributed by atoms with Crippen LogP contribution in [0.15, 0.2) is 48.5 Å². The summed E-state index contributed by atoms with van der Waals surface area (Å²) in [5.74, 6) is 0.0849. The molecular weight excluding hydrogens is 278 g/mol. The second kappa shape index (κ2) is 7.47. The van der Waals surface area contributed by atoms with E-state index < -0.39 is 0 Å². The molecule has 1 N–H and O–H groups in total. The number of nitrogens with one attached hydrogen (secondary N) is 1. The van der Waals surface area contributed by atoms with Crippen molar-refractivity contribution in [1.29, 1.82) is 10.5 Å². The quantitative estimate of drug-likeness (QED) is 0.914. The number of amides is 1. The molecule has 0 radical (unpaired) electrons. The number of para-hydroxylation sites is 1. The van der Waals surface area contributed by atoms with Gasteiger partial charge in [-0.05, 0) is 29.8 Å². The van der Waals surface area contributed by atoms with E-state index in [0.29, 0.717) is 23.4 Å². The minimum absolute atomic E-state index is 0.170. The molecule has 0 bridgehead atoms. The van der Waals surface area contributed by atoms with Crippen molar-refractivity contribution in [1.82, 2.24) is 5.32 Å². The normalized spacial score (nSPS) is 9.36. The first kappa shape index (κ1) is 15.1. The Morgan fingerprint density at radius 2 is 1.91 bits per heavy atom. The highest BCUT2D eigenvalue weighted by atomic mass is 16.5. The van der Waals surface area contributed by atoms with Crippen molar-refractivity contribution in [2.45, 2.75) is 6.54 Å². The van der Waals surface area contributed by atoms with E-state index in [1.165, 1.54) is 0 Å². The van der Waals surface area contributed by atoms with Gasteiger partial charge in [0, 0.05) is 6.54 Å². The number of carbonyl (C=O) groups is 1. The van der Waals surface area contributed by atoms with Crippen LogP contribution in [-0.4, -0.2) is 12.5 Å². The first-order valence-electron chi connectivity index (χ1n) is 6.60. The van der Waals surface area contributed by atoms with E-state index in [4.69, 9.17) is 15.3 Å². The van der Waals surface area contributed by atoms with Crippen LogP contribution in [0.5, 0.6) is 5.75 Å². The molecule has 2 aromatic carbocycles. The third-order valence-electron chi connectivity index (χ3n) is 2.91. The molecule has 1 amide bonds. The number of rotatable bonds is 5. The van der Waals surface area contributed by atoms with Gasteiger partial charge in [-0.3, -0.25) is 4.79 Å². The van der Waals surface area contributed by atoms with E-state index in [-0.39, 0.29) is 12.5 Å². The van der Waals surface area contributed by atoms with Crippen molar-refractivity contribution in [3.8, 4) is 17.9 Å². The van der Waals surface area contributed by atoms with Crippen LogP contribution in [0.4, 0.5) is 0 Å². The molecule has 0 heterocycles. The van der Waals surface area contributed by atoms with Gasteiger partial charge < -0.3 is 10.1 Å². The summed E-state index contributed by atoms with van der Waals surface area (Å²) in [6.45, 7) is 0.147. The third kappa shape index (κ3) is 4.09. The van der Waals surface area contributed by atoms with Crippen LogP contribution in [0.1, 0.15) is 16.7 Å².